The molecule has 4 aromatic rings. The Hall–Kier alpha value is -5.12. The summed E-state index contributed by atoms with van der Waals surface area (Å²) in [5.74, 6) is -1.21. The molecule has 2 N–H and O–H groups in total. The van der Waals surface area contributed by atoms with Gasteiger partial charge in [0.1, 0.15) is 34.9 Å². The third-order valence-corrected chi connectivity index (χ3v) is 12.3. The van der Waals surface area contributed by atoms with E-state index in [9.17, 15) is 32.8 Å². The van der Waals surface area contributed by atoms with Gasteiger partial charge in [-0.2, -0.15) is 18.4 Å². The van der Waals surface area contributed by atoms with E-state index in [2.05, 4.69) is 4.98 Å². The Morgan fingerprint density at radius 3 is 1.97 bits per heavy atom. The number of hydrogen-bond donors (Lipinski definition) is 2. The lowest BCUT2D eigenvalue weighted by Gasteiger charge is -2.43. The largest absolute Gasteiger partial charge is 0.497 e. The molecule has 2 heterocycles. The number of ether oxygens (including phenoxy) is 5. The number of nitrogens with one attached hydrogen (secondary N) is 2. The maximum Gasteiger partial charge on any atom is 0.471 e. The van der Waals surface area contributed by atoms with Crippen LogP contribution in [0.3, 0.4) is 0 Å². The normalized spacial score (nSPS) is 19.7. The summed E-state index contributed by atoms with van der Waals surface area (Å²) in [6.07, 6.45) is -8.48. The molecule has 1 saturated heterocycles. The van der Waals surface area contributed by atoms with Crippen LogP contribution in [0, 0.1) is 11.3 Å². The molecule has 1 unspecified atom stereocenters. The van der Waals surface area contributed by atoms with Crippen LogP contribution in [0.5, 0.6) is 11.5 Å². The third kappa shape index (κ3) is 10.6. The quantitative estimate of drug-likeness (QED) is 0.0587. The van der Waals surface area contributed by atoms with Crippen LogP contribution in [0.4, 0.5) is 13.2 Å². The Morgan fingerprint density at radius 2 is 1.48 bits per heavy atom. The van der Waals surface area contributed by atoms with Crippen molar-refractivity contribution in [1.29, 1.82) is 5.26 Å². The molecule has 5 rings (SSSR count). The minimum absolute atomic E-state index is 0.0181. The van der Waals surface area contributed by atoms with Gasteiger partial charge in [0.25, 0.3) is 14.1 Å². The van der Waals surface area contributed by atoms with Gasteiger partial charge in [-0.15, -0.1) is 0 Å². The van der Waals surface area contributed by atoms with Gasteiger partial charge in [0.2, 0.25) is 0 Å². The van der Waals surface area contributed by atoms with Crippen molar-refractivity contribution in [3.63, 3.8) is 0 Å². The van der Waals surface area contributed by atoms with Gasteiger partial charge in [-0.3, -0.25) is 19.1 Å². The van der Waals surface area contributed by atoms with Crippen molar-refractivity contribution < 1.29 is 50.7 Å². The first kappa shape index (κ1) is 47.9. The number of amides is 1. The molecule has 15 nitrogen and oxygen atoms in total. The summed E-state index contributed by atoms with van der Waals surface area (Å²) in [6, 6.07) is 25.8. The average molecular weight is 886 g/mol. The summed E-state index contributed by atoms with van der Waals surface area (Å²) < 4.78 is 89.2. The van der Waals surface area contributed by atoms with E-state index in [-0.39, 0.29) is 25.1 Å². The fourth-order valence-electron chi connectivity index (χ4n) is 7.40. The lowest BCUT2D eigenvalue weighted by Crippen LogP contribution is -2.58. The SMILES string of the molecule is COc1ccc(C(OC[C@@]2(CNC(=O)C(F)(F)F)O[C@@H](n3ccc(=O)[nH]c3=O)[C@H](OC)[C@@H]2OP(OCCC#N)N(C(C)C)C(C)C)(c2ccccc2)c2ccc(OC)cc2)cc1. The van der Waals surface area contributed by atoms with Gasteiger partial charge in [-0.25, -0.2) is 9.46 Å². The van der Waals surface area contributed by atoms with E-state index in [0.717, 1.165) is 16.8 Å². The molecular formula is C43H51F3N5O10P. The molecule has 1 amide bonds. The highest BCUT2D eigenvalue weighted by Crippen LogP contribution is 2.53. The van der Waals surface area contributed by atoms with Crippen LogP contribution >= 0.6 is 8.53 Å². The van der Waals surface area contributed by atoms with Crippen molar-refractivity contribution in [2.75, 3.05) is 41.1 Å². The first-order valence-corrected chi connectivity index (χ1v) is 20.8. The highest BCUT2D eigenvalue weighted by atomic mass is 31.2. The molecule has 1 aliphatic rings. The monoisotopic (exact) mass is 885 g/mol. The zero-order valence-electron chi connectivity index (χ0n) is 35.4. The van der Waals surface area contributed by atoms with Crippen LogP contribution in [0.15, 0.2) is 101 Å². The number of carbonyl (C=O) groups is 1. The Bertz CT molecular complexity index is 2180. The summed E-state index contributed by atoms with van der Waals surface area (Å²) in [4.78, 5) is 40.6. The number of nitriles is 1. The second kappa shape index (κ2) is 20.8. The number of H-pyrrole nitrogens is 1. The molecule has 1 aliphatic heterocycles. The summed E-state index contributed by atoms with van der Waals surface area (Å²) >= 11 is 0. The number of nitrogens with zero attached hydrogens (tertiary/aromatic N) is 3. The van der Waals surface area contributed by atoms with E-state index in [0.29, 0.717) is 28.2 Å². The van der Waals surface area contributed by atoms with Gasteiger partial charge in [0.05, 0.1) is 46.5 Å². The summed E-state index contributed by atoms with van der Waals surface area (Å²) in [5.41, 5.74) is -3.64. The van der Waals surface area contributed by atoms with E-state index in [1.807, 2.05) is 62.0 Å². The van der Waals surface area contributed by atoms with E-state index in [1.165, 1.54) is 21.3 Å². The zero-order valence-corrected chi connectivity index (χ0v) is 36.3. The van der Waals surface area contributed by atoms with E-state index in [1.54, 1.807) is 60.7 Å². The van der Waals surface area contributed by atoms with E-state index >= 15 is 0 Å². The Kier molecular flexibility index (Phi) is 16.1. The maximum absolute atomic E-state index is 14.1. The van der Waals surface area contributed by atoms with Crippen molar-refractivity contribution in [2.45, 2.75) is 82.0 Å². The minimum Gasteiger partial charge on any atom is -0.497 e. The van der Waals surface area contributed by atoms with Gasteiger partial charge in [-0.05, 0) is 68.7 Å². The van der Waals surface area contributed by atoms with Crippen molar-refractivity contribution in [2.24, 2.45) is 0 Å². The zero-order chi connectivity index (χ0) is 45.2. The van der Waals surface area contributed by atoms with Gasteiger partial charge in [-0.1, -0.05) is 54.6 Å². The number of methoxy groups -OCH3 is 3. The number of alkyl halides is 3. The van der Waals surface area contributed by atoms with E-state index in [4.69, 9.17) is 32.7 Å². The second-order valence-corrected chi connectivity index (χ2v) is 16.2. The first-order valence-electron chi connectivity index (χ1n) is 19.7. The van der Waals surface area contributed by atoms with Crippen molar-refractivity contribution in [3.8, 4) is 17.6 Å². The Balaban J connectivity index is 1.81. The lowest BCUT2D eigenvalue weighted by molar-refractivity contribution is -0.180. The molecule has 0 bridgehead atoms. The van der Waals surface area contributed by atoms with Crippen molar-refractivity contribution in [3.05, 3.63) is 129 Å². The molecule has 3 aromatic carbocycles. The summed E-state index contributed by atoms with van der Waals surface area (Å²) in [7, 11) is 2.14. The predicted octanol–water partition coefficient (Wildman–Crippen LogP) is 6.18. The molecule has 19 heteroatoms. The van der Waals surface area contributed by atoms with E-state index < -0.39 is 74.6 Å². The van der Waals surface area contributed by atoms with Gasteiger partial charge < -0.3 is 38.0 Å². The topological polar surface area (TPSA) is 176 Å². The molecule has 1 aromatic heterocycles. The molecule has 5 atom stereocenters. The fraction of sp³-hybridized carbons (Fsp3) is 0.442. The molecule has 0 aliphatic carbocycles. The molecule has 0 spiro atoms. The van der Waals surface area contributed by atoms with Crippen LogP contribution < -0.4 is 26.0 Å². The average Bonchev–Trinajstić information content (AvgIpc) is 3.55. The molecule has 0 saturated carbocycles. The summed E-state index contributed by atoms with van der Waals surface area (Å²) in [5, 5.41) is 11.4. The minimum atomic E-state index is -5.31. The molecule has 0 radical (unpaired) electrons. The highest BCUT2D eigenvalue weighted by molar-refractivity contribution is 7.44. The summed E-state index contributed by atoms with van der Waals surface area (Å²) in [6.45, 7) is 5.97. The maximum atomic E-state index is 14.1. The lowest BCUT2D eigenvalue weighted by atomic mass is 9.79. The van der Waals surface area contributed by atoms with Crippen LogP contribution in [0.25, 0.3) is 0 Å². The molecule has 1 fully saturated rings. The Labute approximate surface area is 358 Å². The second-order valence-electron chi connectivity index (χ2n) is 14.8. The van der Waals surface area contributed by atoms with Crippen LogP contribution in [-0.4, -0.2) is 97.3 Å². The Morgan fingerprint density at radius 1 is 0.919 bits per heavy atom. The van der Waals surface area contributed by atoms with Crippen molar-refractivity contribution >= 4 is 14.4 Å². The third-order valence-electron chi connectivity index (χ3n) is 10.2. The molecular weight excluding hydrogens is 834 g/mol. The predicted molar refractivity (Wildman–Crippen MR) is 222 cm³/mol. The fourth-order valence-corrected chi connectivity index (χ4v) is 9.21. The number of carbonyl (C=O) groups excluding carboxylic acids is 1. The first-order chi connectivity index (χ1) is 29.5. The molecule has 334 valence electrons. The number of benzene rings is 3. The van der Waals surface area contributed by atoms with Gasteiger partial charge >= 0.3 is 17.8 Å². The number of hydrogen-bond acceptors (Lipinski definition) is 12. The smallest absolute Gasteiger partial charge is 0.471 e. The highest BCUT2D eigenvalue weighted by Gasteiger charge is 2.61. The van der Waals surface area contributed by atoms with Gasteiger partial charge in [0, 0.05) is 31.5 Å². The van der Waals surface area contributed by atoms with Crippen LogP contribution in [0.1, 0.15) is 57.0 Å². The number of rotatable bonds is 20. The number of halogens is 3. The number of aromatic amines is 1. The number of aromatic nitrogens is 2. The van der Waals surface area contributed by atoms with Crippen molar-refractivity contribution in [1.82, 2.24) is 19.5 Å². The van der Waals surface area contributed by atoms with Crippen LogP contribution in [0.2, 0.25) is 0 Å². The van der Waals surface area contributed by atoms with Crippen LogP contribution in [-0.2, 0) is 33.7 Å². The standard InChI is InChI=1S/C43H51F3N5O10P/c1-28(2)51(29(3)4)62(59-25-11-23-47)61-37-36(57-7)38(50-24-22-35(52)49-40(50)54)60-41(37,26-48-39(53)43(44,45)46)27-58-42(30-12-9-8-10-13-30,31-14-18-33(55-5)19-15-31)32-16-20-34(56-6)21-17-32/h8-10,12-22,24,28-29,36-38H,11,25-27H2,1-7H3,(H,48,53)(H,49,52,54)/t36-,37+,38-,41-,62?/m1/s1. The molecule has 62 heavy (non-hydrogen) atoms. The van der Waals surface area contributed by atoms with Gasteiger partial charge in [0.15, 0.2) is 6.23 Å².